The summed E-state index contributed by atoms with van der Waals surface area (Å²) in [6.07, 6.45) is 15.7. The van der Waals surface area contributed by atoms with Crippen molar-refractivity contribution < 1.29 is 0 Å². The molecule has 4 rings (SSSR count). The van der Waals surface area contributed by atoms with Crippen LogP contribution in [-0.2, 0) is 0 Å². The topological polar surface area (TPSA) is 48.5 Å². The van der Waals surface area contributed by atoms with E-state index in [9.17, 15) is 0 Å². The molecule has 194 valence electrons. The highest BCUT2D eigenvalue weighted by Crippen LogP contribution is 2.29. The van der Waals surface area contributed by atoms with Crippen LogP contribution >= 0.6 is 0 Å². The lowest BCUT2D eigenvalue weighted by Gasteiger charge is -2.23. The maximum Gasteiger partial charge on any atom is 0.126 e. The number of aliphatic imine (C=N–C) groups is 1. The summed E-state index contributed by atoms with van der Waals surface area (Å²) in [4.78, 5) is 4.55. The van der Waals surface area contributed by atoms with Crippen molar-refractivity contribution in [3.05, 3.63) is 84.4 Å². The molecule has 0 bridgehead atoms. The van der Waals surface area contributed by atoms with Crippen molar-refractivity contribution in [3.8, 4) is 0 Å². The van der Waals surface area contributed by atoms with Gasteiger partial charge in [0.15, 0.2) is 0 Å². The molecule has 0 atom stereocenters. The van der Waals surface area contributed by atoms with E-state index in [4.69, 9.17) is 0 Å². The fraction of sp³-hybridized carbons (Fsp3) is 0.469. The molecule has 2 aliphatic carbocycles. The molecule has 0 unspecified atom stereocenters. The average Bonchev–Trinajstić information content (AvgIpc) is 3.24. The smallest absolute Gasteiger partial charge is 0.126 e. The van der Waals surface area contributed by atoms with E-state index < -0.39 is 0 Å². The van der Waals surface area contributed by atoms with E-state index in [2.05, 4.69) is 99.9 Å². The Balaban J connectivity index is 0.000000526. The van der Waals surface area contributed by atoms with Crippen LogP contribution < -0.4 is 16.0 Å². The highest BCUT2D eigenvalue weighted by molar-refractivity contribution is 5.97. The second kappa shape index (κ2) is 11.8. The number of allylic oxidation sites excluding steroid dienone is 3. The maximum absolute atomic E-state index is 4.55. The van der Waals surface area contributed by atoms with Crippen molar-refractivity contribution in [3.63, 3.8) is 0 Å². The van der Waals surface area contributed by atoms with Crippen LogP contribution in [0.2, 0.25) is 0 Å². The van der Waals surface area contributed by atoms with Crippen molar-refractivity contribution in [1.82, 2.24) is 10.6 Å². The Labute approximate surface area is 219 Å². The lowest BCUT2D eigenvalue weighted by atomic mass is 9.84. The zero-order valence-corrected chi connectivity index (χ0v) is 23.3. The molecule has 4 nitrogen and oxygen atoms in total. The van der Waals surface area contributed by atoms with Crippen molar-refractivity contribution in [2.75, 3.05) is 11.9 Å². The summed E-state index contributed by atoms with van der Waals surface area (Å²) >= 11 is 0. The maximum atomic E-state index is 4.55. The molecular weight excluding hydrogens is 440 g/mol. The zero-order chi connectivity index (χ0) is 26.3. The van der Waals surface area contributed by atoms with Gasteiger partial charge in [0.05, 0.1) is 6.54 Å². The summed E-state index contributed by atoms with van der Waals surface area (Å²) in [7, 11) is 0. The average molecular weight is 487 g/mol. The van der Waals surface area contributed by atoms with Crippen molar-refractivity contribution in [1.29, 1.82) is 0 Å². The molecule has 3 aliphatic rings. The van der Waals surface area contributed by atoms with Gasteiger partial charge >= 0.3 is 0 Å². The van der Waals surface area contributed by atoms with Gasteiger partial charge in [0, 0.05) is 17.1 Å². The molecule has 3 N–H and O–H groups in total. The van der Waals surface area contributed by atoms with Gasteiger partial charge in [-0.05, 0) is 58.6 Å². The van der Waals surface area contributed by atoms with Crippen LogP contribution in [0.15, 0.2) is 83.8 Å². The Kier molecular flexibility index (Phi) is 9.05. The molecule has 1 fully saturated rings. The van der Waals surface area contributed by atoms with E-state index >= 15 is 0 Å². The second-order valence-electron chi connectivity index (χ2n) is 11.9. The standard InChI is InChI=1S/C26H34N4.C6H12/c1-18(28-23-12-14-26(6,7)15-13-23)20-8-10-22(11-9-20)29-19(2)30-24-16-21(17-27-24)25(3,4)5;1-2-6-4-3-5-6/h8-14,16,28-29H,1-2,15,17H2,3-7H3,(H,27,30);6H,2-5H2,1H3. The van der Waals surface area contributed by atoms with E-state index in [-0.39, 0.29) is 10.8 Å². The molecule has 1 aromatic carbocycles. The first kappa shape index (κ1) is 27.6. The first-order chi connectivity index (χ1) is 16.9. The molecule has 36 heavy (non-hydrogen) atoms. The molecule has 0 radical (unpaired) electrons. The van der Waals surface area contributed by atoms with Crippen molar-refractivity contribution >= 4 is 17.2 Å². The first-order valence-electron chi connectivity index (χ1n) is 13.4. The third kappa shape index (κ3) is 8.29. The summed E-state index contributed by atoms with van der Waals surface area (Å²) in [5.41, 5.74) is 5.67. The van der Waals surface area contributed by atoms with E-state index in [1.54, 1.807) is 0 Å². The Morgan fingerprint density at radius 1 is 1.06 bits per heavy atom. The predicted molar refractivity (Wildman–Crippen MR) is 158 cm³/mol. The highest BCUT2D eigenvalue weighted by Gasteiger charge is 2.21. The summed E-state index contributed by atoms with van der Waals surface area (Å²) in [6, 6.07) is 8.14. The number of hydrogen-bond acceptors (Lipinski definition) is 4. The summed E-state index contributed by atoms with van der Waals surface area (Å²) in [6.45, 7) is 22.4. The van der Waals surface area contributed by atoms with Gasteiger partial charge in [0.1, 0.15) is 11.7 Å². The van der Waals surface area contributed by atoms with E-state index in [0.717, 1.165) is 47.4 Å². The van der Waals surface area contributed by atoms with Crippen LogP contribution in [0.5, 0.6) is 0 Å². The van der Waals surface area contributed by atoms with E-state index in [0.29, 0.717) is 5.82 Å². The number of anilines is 1. The monoisotopic (exact) mass is 486 g/mol. The first-order valence-corrected chi connectivity index (χ1v) is 13.4. The Morgan fingerprint density at radius 3 is 2.22 bits per heavy atom. The SMILES string of the molecule is C=C(NC1=NCC(C(C)(C)C)=C1)Nc1ccc(C(=C)NC2=CCC(C)(C)C=C2)cc1.CCC1CCC1. The van der Waals surface area contributed by atoms with Gasteiger partial charge < -0.3 is 16.0 Å². The van der Waals surface area contributed by atoms with Crippen molar-refractivity contribution in [2.45, 2.75) is 73.6 Å². The van der Waals surface area contributed by atoms with Gasteiger partial charge in [-0.15, -0.1) is 0 Å². The van der Waals surface area contributed by atoms with Gasteiger partial charge in [-0.25, -0.2) is 0 Å². The van der Waals surface area contributed by atoms with Crippen LogP contribution in [0.4, 0.5) is 5.69 Å². The van der Waals surface area contributed by atoms with Crippen LogP contribution in [0.3, 0.4) is 0 Å². The van der Waals surface area contributed by atoms with Crippen LogP contribution in [0.1, 0.15) is 79.2 Å². The lowest BCUT2D eigenvalue weighted by Crippen LogP contribution is -2.24. The summed E-state index contributed by atoms with van der Waals surface area (Å²) < 4.78 is 0. The number of benzene rings is 1. The molecule has 1 saturated carbocycles. The molecule has 0 spiro atoms. The second-order valence-corrected chi connectivity index (χ2v) is 11.9. The largest absolute Gasteiger partial charge is 0.356 e. The minimum atomic E-state index is 0.133. The Hall–Kier alpha value is -3.01. The highest BCUT2D eigenvalue weighted by atomic mass is 15.1. The predicted octanol–water partition coefficient (Wildman–Crippen LogP) is 8.17. The van der Waals surface area contributed by atoms with Gasteiger partial charge in [0.2, 0.25) is 0 Å². The quantitative estimate of drug-likeness (QED) is 0.364. The molecule has 1 aliphatic heterocycles. The number of amidine groups is 1. The number of rotatable bonds is 7. The lowest BCUT2D eigenvalue weighted by molar-refractivity contribution is 0.307. The molecule has 1 heterocycles. The van der Waals surface area contributed by atoms with Gasteiger partial charge in [-0.1, -0.05) is 105 Å². The zero-order valence-electron chi connectivity index (χ0n) is 23.3. The molecule has 0 amide bonds. The van der Waals surface area contributed by atoms with Crippen molar-refractivity contribution in [2.24, 2.45) is 21.7 Å². The fourth-order valence-corrected chi connectivity index (χ4v) is 4.14. The van der Waals surface area contributed by atoms with Gasteiger partial charge in [-0.2, -0.15) is 0 Å². The fourth-order valence-electron chi connectivity index (χ4n) is 4.14. The minimum absolute atomic E-state index is 0.133. The summed E-state index contributed by atoms with van der Waals surface area (Å²) in [5, 5.41) is 9.95. The van der Waals surface area contributed by atoms with E-state index in [1.165, 1.54) is 31.3 Å². The molecule has 0 aromatic heterocycles. The molecule has 4 heteroatoms. The van der Waals surface area contributed by atoms with Crippen LogP contribution in [-0.4, -0.2) is 12.4 Å². The number of nitrogens with zero attached hydrogens (tertiary/aromatic N) is 1. The summed E-state index contributed by atoms with van der Waals surface area (Å²) in [5.74, 6) is 2.67. The Bertz CT molecular complexity index is 1050. The van der Waals surface area contributed by atoms with Gasteiger partial charge in [0.25, 0.3) is 0 Å². The molecular formula is C32H46N4. The third-order valence-corrected chi connectivity index (χ3v) is 7.16. The van der Waals surface area contributed by atoms with Gasteiger partial charge in [-0.3, -0.25) is 4.99 Å². The van der Waals surface area contributed by atoms with Crippen LogP contribution in [0, 0.1) is 16.7 Å². The van der Waals surface area contributed by atoms with E-state index in [1.807, 2.05) is 24.3 Å². The molecule has 0 saturated heterocycles. The number of hydrogen-bond donors (Lipinski definition) is 3. The third-order valence-electron chi connectivity index (χ3n) is 7.16. The molecule has 1 aromatic rings. The minimum Gasteiger partial charge on any atom is -0.356 e. The number of nitrogens with one attached hydrogen (secondary N) is 3. The Morgan fingerprint density at radius 2 is 1.75 bits per heavy atom. The normalized spacial score (nSPS) is 18.6. The van der Waals surface area contributed by atoms with Crippen LogP contribution in [0.25, 0.3) is 5.70 Å².